The second kappa shape index (κ2) is 13.3. The van der Waals surface area contributed by atoms with Crippen LogP contribution in [0, 0.1) is 0 Å². The summed E-state index contributed by atoms with van der Waals surface area (Å²) in [6.45, 7) is 1.93. The molecule has 0 amide bonds. The summed E-state index contributed by atoms with van der Waals surface area (Å²) < 4.78 is 11.2. The number of rotatable bonds is 11. The van der Waals surface area contributed by atoms with Crippen molar-refractivity contribution in [1.29, 1.82) is 0 Å². The molecule has 0 spiro atoms. The third-order valence-electron chi connectivity index (χ3n) is 3.36. The van der Waals surface area contributed by atoms with E-state index in [4.69, 9.17) is 14.6 Å². The number of allylic oxidation sites excluding steroid dienone is 3. The molecular weight excluding hydrogens is 252 g/mol. The first-order valence-corrected chi connectivity index (χ1v) is 8.07. The van der Waals surface area contributed by atoms with Gasteiger partial charge < -0.3 is 14.6 Å². The van der Waals surface area contributed by atoms with Crippen molar-refractivity contribution >= 4 is 0 Å². The van der Waals surface area contributed by atoms with Crippen LogP contribution in [0.2, 0.25) is 0 Å². The van der Waals surface area contributed by atoms with Gasteiger partial charge in [0, 0.05) is 13.2 Å². The number of hydrogen-bond donors (Lipinski definition) is 1. The van der Waals surface area contributed by atoms with Crippen LogP contribution in [-0.2, 0) is 9.47 Å². The van der Waals surface area contributed by atoms with Crippen LogP contribution < -0.4 is 0 Å². The second-order valence-corrected chi connectivity index (χ2v) is 5.21. The zero-order valence-electron chi connectivity index (χ0n) is 12.6. The fraction of sp³-hybridized carbons (Fsp3) is 0.765. The maximum atomic E-state index is 8.65. The Balaban J connectivity index is 1.85. The van der Waals surface area contributed by atoms with Crippen LogP contribution in [0.4, 0.5) is 0 Å². The molecule has 3 nitrogen and oxygen atoms in total. The highest BCUT2D eigenvalue weighted by molar-refractivity contribution is 4.92. The molecule has 1 saturated heterocycles. The standard InChI is InChI=1S/C17H30O3/c18-14-10-7-5-3-1-2-4-6-8-11-15-19-17-13-9-12-16-20-17/h1-2,6,8,17-18H,3-5,7,9-16H2/b2-1+,8-6-. The topological polar surface area (TPSA) is 38.7 Å². The zero-order valence-corrected chi connectivity index (χ0v) is 12.6. The fourth-order valence-corrected chi connectivity index (χ4v) is 2.17. The zero-order chi connectivity index (χ0) is 14.3. The summed E-state index contributed by atoms with van der Waals surface area (Å²) in [4.78, 5) is 0. The number of aliphatic hydroxyl groups excluding tert-OH is 1. The van der Waals surface area contributed by atoms with E-state index in [1.165, 1.54) is 19.3 Å². The fourth-order valence-electron chi connectivity index (χ4n) is 2.17. The highest BCUT2D eigenvalue weighted by Gasteiger charge is 2.12. The van der Waals surface area contributed by atoms with Gasteiger partial charge in [0.05, 0.1) is 6.61 Å². The third kappa shape index (κ3) is 10.2. The van der Waals surface area contributed by atoms with E-state index in [1.54, 1.807) is 0 Å². The van der Waals surface area contributed by atoms with E-state index in [-0.39, 0.29) is 6.29 Å². The first kappa shape index (κ1) is 17.4. The van der Waals surface area contributed by atoms with Gasteiger partial charge in [0.2, 0.25) is 0 Å². The predicted octanol–water partition coefficient (Wildman–Crippen LogP) is 3.97. The molecule has 1 fully saturated rings. The van der Waals surface area contributed by atoms with E-state index in [1.807, 2.05) is 0 Å². The van der Waals surface area contributed by atoms with Crippen LogP contribution in [0.3, 0.4) is 0 Å². The molecule has 0 bridgehead atoms. The molecule has 1 unspecified atom stereocenters. The molecule has 0 saturated carbocycles. The molecule has 0 radical (unpaired) electrons. The summed E-state index contributed by atoms with van der Waals surface area (Å²) in [5, 5.41) is 8.65. The average molecular weight is 282 g/mol. The van der Waals surface area contributed by atoms with E-state index < -0.39 is 0 Å². The lowest BCUT2D eigenvalue weighted by atomic mass is 10.2. The Morgan fingerprint density at radius 3 is 2.60 bits per heavy atom. The minimum Gasteiger partial charge on any atom is -0.396 e. The third-order valence-corrected chi connectivity index (χ3v) is 3.36. The summed E-state index contributed by atoms with van der Waals surface area (Å²) in [6.07, 6.45) is 18.6. The van der Waals surface area contributed by atoms with Crippen LogP contribution in [0.1, 0.15) is 57.8 Å². The first-order valence-electron chi connectivity index (χ1n) is 8.07. The number of hydrogen-bond acceptors (Lipinski definition) is 3. The maximum Gasteiger partial charge on any atom is 0.157 e. The molecule has 0 aromatic rings. The van der Waals surface area contributed by atoms with Crippen LogP contribution in [0.5, 0.6) is 0 Å². The summed E-state index contributed by atoms with van der Waals surface area (Å²) >= 11 is 0. The molecule has 1 heterocycles. The molecule has 0 aromatic carbocycles. The monoisotopic (exact) mass is 282 g/mol. The van der Waals surface area contributed by atoms with E-state index in [9.17, 15) is 0 Å². The maximum absolute atomic E-state index is 8.65. The van der Waals surface area contributed by atoms with E-state index in [0.717, 1.165) is 51.7 Å². The number of unbranched alkanes of at least 4 members (excludes halogenated alkanes) is 3. The van der Waals surface area contributed by atoms with Gasteiger partial charge in [0.15, 0.2) is 6.29 Å². The quantitative estimate of drug-likeness (QED) is 0.460. The summed E-state index contributed by atoms with van der Waals surface area (Å²) in [7, 11) is 0. The minimum atomic E-state index is 0.0379. The number of ether oxygens (including phenoxy) is 2. The van der Waals surface area contributed by atoms with Crippen molar-refractivity contribution in [1.82, 2.24) is 0 Å². The molecule has 0 aliphatic carbocycles. The minimum absolute atomic E-state index is 0.0379. The van der Waals surface area contributed by atoms with Crippen LogP contribution >= 0.6 is 0 Å². The van der Waals surface area contributed by atoms with Crippen molar-refractivity contribution in [3.8, 4) is 0 Å². The first-order chi connectivity index (χ1) is 9.93. The second-order valence-electron chi connectivity index (χ2n) is 5.21. The molecule has 1 atom stereocenters. The Morgan fingerprint density at radius 2 is 1.85 bits per heavy atom. The van der Waals surface area contributed by atoms with E-state index in [2.05, 4.69) is 24.3 Å². The van der Waals surface area contributed by atoms with Gasteiger partial charge in [-0.25, -0.2) is 0 Å². The largest absolute Gasteiger partial charge is 0.396 e. The Labute approximate surface area is 123 Å². The predicted molar refractivity (Wildman–Crippen MR) is 82.6 cm³/mol. The van der Waals surface area contributed by atoms with Crippen LogP contribution in [0.15, 0.2) is 24.3 Å². The Hall–Kier alpha value is -0.640. The molecular formula is C17H30O3. The highest BCUT2D eigenvalue weighted by Crippen LogP contribution is 2.13. The van der Waals surface area contributed by atoms with Crippen molar-refractivity contribution < 1.29 is 14.6 Å². The van der Waals surface area contributed by atoms with Gasteiger partial charge in [-0.15, -0.1) is 0 Å². The Bertz CT molecular complexity index is 255. The van der Waals surface area contributed by atoms with E-state index >= 15 is 0 Å². The van der Waals surface area contributed by atoms with Gasteiger partial charge in [-0.3, -0.25) is 0 Å². The molecule has 3 heteroatoms. The molecule has 1 aliphatic heterocycles. The Morgan fingerprint density at radius 1 is 1.00 bits per heavy atom. The van der Waals surface area contributed by atoms with Gasteiger partial charge in [-0.1, -0.05) is 30.7 Å². The molecule has 0 aromatic heterocycles. The lowest BCUT2D eigenvalue weighted by molar-refractivity contribution is -0.161. The van der Waals surface area contributed by atoms with Crippen molar-refractivity contribution in [2.45, 2.75) is 64.1 Å². The molecule has 1 aliphatic rings. The van der Waals surface area contributed by atoms with Crippen molar-refractivity contribution in [2.24, 2.45) is 0 Å². The van der Waals surface area contributed by atoms with Gasteiger partial charge in [0.1, 0.15) is 0 Å². The molecule has 116 valence electrons. The summed E-state index contributed by atoms with van der Waals surface area (Å²) in [5.41, 5.74) is 0. The van der Waals surface area contributed by atoms with Gasteiger partial charge in [-0.2, -0.15) is 0 Å². The highest BCUT2D eigenvalue weighted by atomic mass is 16.7. The van der Waals surface area contributed by atoms with Crippen molar-refractivity contribution in [3.05, 3.63) is 24.3 Å². The van der Waals surface area contributed by atoms with Gasteiger partial charge in [-0.05, 0) is 51.4 Å². The normalized spacial score (nSPS) is 20.1. The molecule has 1 rings (SSSR count). The van der Waals surface area contributed by atoms with Crippen LogP contribution in [0.25, 0.3) is 0 Å². The summed E-state index contributed by atoms with van der Waals surface area (Å²) in [5.74, 6) is 0. The molecule has 1 N–H and O–H groups in total. The van der Waals surface area contributed by atoms with Gasteiger partial charge in [0.25, 0.3) is 0 Å². The lowest BCUT2D eigenvalue weighted by Gasteiger charge is -2.22. The van der Waals surface area contributed by atoms with E-state index in [0.29, 0.717) is 6.61 Å². The van der Waals surface area contributed by atoms with Crippen LogP contribution in [-0.4, -0.2) is 31.2 Å². The average Bonchev–Trinajstić information content (AvgIpc) is 2.49. The number of aliphatic hydroxyl groups is 1. The smallest absolute Gasteiger partial charge is 0.157 e. The van der Waals surface area contributed by atoms with Crippen molar-refractivity contribution in [2.75, 3.05) is 19.8 Å². The summed E-state index contributed by atoms with van der Waals surface area (Å²) in [6, 6.07) is 0. The molecule has 20 heavy (non-hydrogen) atoms. The Kier molecular flexibility index (Phi) is 11.6. The SMILES string of the molecule is OCCCCC/C=C/C/C=C\CCOC1CCCCO1. The lowest BCUT2D eigenvalue weighted by Crippen LogP contribution is -2.22. The van der Waals surface area contributed by atoms with Crippen molar-refractivity contribution in [3.63, 3.8) is 0 Å². The van der Waals surface area contributed by atoms with Gasteiger partial charge >= 0.3 is 0 Å².